The third-order valence-corrected chi connectivity index (χ3v) is 3.31. The molecule has 1 rings (SSSR count). The second-order valence-electron chi connectivity index (χ2n) is 4.91. The van der Waals surface area contributed by atoms with Crippen molar-refractivity contribution in [3.63, 3.8) is 0 Å². The average Bonchev–Trinajstić information content (AvgIpc) is 2.59. The number of unbranched alkanes of at least 4 members (excludes halogenated alkanes) is 1. The fourth-order valence-electron chi connectivity index (χ4n) is 2.16. The van der Waals surface area contributed by atoms with Crippen molar-refractivity contribution < 1.29 is 9.53 Å². The van der Waals surface area contributed by atoms with E-state index in [0.29, 0.717) is 0 Å². The fourth-order valence-corrected chi connectivity index (χ4v) is 2.16. The summed E-state index contributed by atoms with van der Waals surface area (Å²) >= 11 is 0. The number of carbonyl (C=O) groups excluding carboxylic acids is 1. The van der Waals surface area contributed by atoms with Crippen LogP contribution in [0.2, 0.25) is 0 Å². The van der Waals surface area contributed by atoms with Crippen LogP contribution in [0.25, 0.3) is 11.3 Å². The third-order valence-electron chi connectivity index (χ3n) is 3.31. The van der Waals surface area contributed by atoms with Crippen LogP contribution in [0.3, 0.4) is 0 Å². The Hall–Kier alpha value is -2.55. The number of hydrogen-bond acceptors (Lipinski definition) is 2. The van der Waals surface area contributed by atoms with Crippen molar-refractivity contribution in [1.29, 1.82) is 0 Å². The van der Waals surface area contributed by atoms with Crippen molar-refractivity contribution in [3.05, 3.63) is 72.4 Å². The number of methoxy groups -OCH3 is 1. The van der Waals surface area contributed by atoms with Crippen LogP contribution in [0.4, 0.5) is 4.79 Å². The molecule has 0 aliphatic carbocycles. The molecule has 0 saturated carbocycles. The molecule has 0 aliphatic heterocycles. The SMILES string of the molecule is C=C/C=C\C(=C/C)c1ccccc1/C(=C\CCC)NC(=O)OC. The number of allylic oxidation sites excluding steroid dienone is 6. The van der Waals surface area contributed by atoms with Gasteiger partial charge in [-0.15, -0.1) is 0 Å². The Morgan fingerprint density at radius 1 is 1.30 bits per heavy atom. The van der Waals surface area contributed by atoms with E-state index >= 15 is 0 Å². The molecular weight excluding hydrogens is 286 g/mol. The quantitative estimate of drug-likeness (QED) is 0.691. The number of nitrogens with one attached hydrogen (secondary N) is 1. The maximum atomic E-state index is 11.7. The number of carbonyl (C=O) groups is 1. The Bertz CT molecular complexity index is 624. The molecule has 3 nitrogen and oxygen atoms in total. The van der Waals surface area contributed by atoms with Gasteiger partial charge in [-0.2, -0.15) is 0 Å². The number of rotatable bonds is 7. The lowest BCUT2D eigenvalue weighted by Crippen LogP contribution is -2.22. The molecule has 1 N–H and O–H groups in total. The molecule has 1 aromatic carbocycles. The molecule has 0 fully saturated rings. The number of hydrogen-bond donors (Lipinski definition) is 1. The average molecular weight is 311 g/mol. The highest BCUT2D eigenvalue weighted by molar-refractivity contribution is 5.88. The summed E-state index contributed by atoms with van der Waals surface area (Å²) in [4.78, 5) is 11.7. The molecule has 122 valence electrons. The van der Waals surface area contributed by atoms with Gasteiger partial charge >= 0.3 is 6.09 Å². The maximum Gasteiger partial charge on any atom is 0.411 e. The third kappa shape index (κ3) is 5.62. The monoisotopic (exact) mass is 311 g/mol. The normalized spacial score (nSPS) is 12.3. The lowest BCUT2D eigenvalue weighted by atomic mass is 9.96. The molecule has 0 unspecified atom stereocenters. The van der Waals surface area contributed by atoms with Gasteiger partial charge in [0.1, 0.15) is 0 Å². The van der Waals surface area contributed by atoms with E-state index in [1.165, 1.54) is 7.11 Å². The van der Waals surface area contributed by atoms with Crippen molar-refractivity contribution in [2.24, 2.45) is 0 Å². The molecule has 1 aromatic rings. The topological polar surface area (TPSA) is 38.3 Å². The standard InChI is InChI=1S/C20H25NO2/c1-5-8-12-16(7-3)17-13-10-11-14-18(17)19(15-9-6-2)21-20(22)23-4/h5,7-8,10-15H,1,6,9H2,2-4H3,(H,21,22)/b12-8-,16-7+,19-15+. The van der Waals surface area contributed by atoms with Crippen LogP contribution in [0.1, 0.15) is 37.8 Å². The predicted octanol–water partition coefficient (Wildman–Crippen LogP) is 5.33. The van der Waals surface area contributed by atoms with E-state index in [2.05, 4.69) is 18.8 Å². The van der Waals surface area contributed by atoms with E-state index in [9.17, 15) is 4.79 Å². The van der Waals surface area contributed by atoms with E-state index in [1.807, 2.05) is 55.5 Å². The van der Waals surface area contributed by atoms with Crippen LogP contribution in [0.15, 0.2) is 61.2 Å². The van der Waals surface area contributed by atoms with Crippen LogP contribution in [-0.4, -0.2) is 13.2 Å². The second-order valence-corrected chi connectivity index (χ2v) is 4.91. The molecule has 0 aromatic heterocycles. The van der Waals surface area contributed by atoms with E-state index < -0.39 is 6.09 Å². The summed E-state index contributed by atoms with van der Waals surface area (Å²) in [5.41, 5.74) is 3.84. The van der Waals surface area contributed by atoms with E-state index in [1.54, 1.807) is 6.08 Å². The Balaban J connectivity index is 3.34. The first-order valence-corrected chi connectivity index (χ1v) is 7.78. The Morgan fingerprint density at radius 3 is 2.57 bits per heavy atom. The van der Waals surface area contributed by atoms with E-state index in [4.69, 9.17) is 4.74 Å². The summed E-state index contributed by atoms with van der Waals surface area (Å²) in [6.45, 7) is 7.80. The lowest BCUT2D eigenvalue weighted by Gasteiger charge is -2.15. The lowest BCUT2D eigenvalue weighted by molar-refractivity contribution is 0.176. The zero-order valence-corrected chi connectivity index (χ0v) is 14.1. The summed E-state index contributed by atoms with van der Waals surface area (Å²) in [5, 5.41) is 2.82. The minimum absolute atomic E-state index is 0.467. The van der Waals surface area contributed by atoms with Gasteiger partial charge in [-0.1, -0.05) is 74.6 Å². The van der Waals surface area contributed by atoms with Gasteiger partial charge in [0.25, 0.3) is 0 Å². The smallest absolute Gasteiger partial charge is 0.411 e. The number of ether oxygens (including phenoxy) is 1. The van der Waals surface area contributed by atoms with Crippen LogP contribution in [-0.2, 0) is 4.74 Å². The Kier molecular flexibility index (Phi) is 8.22. The van der Waals surface area contributed by atoms with Crippen LogP contribution >= 0.6 is 0 Å². The molecule has 0 spiro atoms. The van der Waals surface area contributed by atoms with Crippen molar-refractivity contribution in [2.75, 3.05) is 7.11 Å². The van der Waals surface area contributed by atoms with Gasteiger partial charge in [-0.3, -0.25) is 5.32 Å². The van der Waals surface area contributed by atoms with Gasteiger partial charge in [0.15, 0.2) is 0 Å². The zero-order chi connectivity index (χ0) is 17.1. The highest BCUT2D eigenvalue weighted by Gasteiger charge is 2.12. The fraction of sp³-hybridized carbons (Fsp3) is 0.250. The summed E-state index contributed by atoms with van der Waals surface area (Å²) in [7, 11) is 1.36. The first kappa shape index (κ1) is 18.5. The van der Waals surface area contributed by atoms with Gasteiger partial charge < -0.3 is 4.74 Å². The predicted molar refractivity (Wildman–Crippen MR) is 97.9 cm³/mol. The van der Waals surface area contributed by atoms with Gasteiger partial charge in [-0.05, 0) is 24.5 Å². The minimum Gasteiger partial charge on any atom is -0.453 e. The first-order valence-electron chi connectivity index (χ1n) is 7.78. The highest BCUT2D eigenvalue weighted by atomic mass is 16.5. The van der Waals surface area contributed by atoms with Gasteiger partial charge in [-0.25, -0.2) is 4.79 Å². The number of amides is 1. The largest absolute Gasteiger partial charge is 0.453 e. The molecule has 1 amide bonds. The zero-order valence-electron chi connectivity index (χ0n) is 14.1. The number of alkyl carbamates (subject to hydrolysis) is 1. The summed E-state index contributed by atoms with van der Waals surface area (Å²) in [6, 6.07) is 7.98. The molecule has 0 aliphatic rings. The first-order chi connectivity index (χ1) is 11.2. The van der Waals surface area contributed by atoms with Crippen LogP contribution in [0.5, 0.6) is 0 Å². The molecule has 3 heteroatoms. The Morgan fingerprint density at radius 2 is 2.00 bits per heavy atom. The Labute approximate surface area is 139 Å². The number of benzene rings is 1. The maximum absolute atomic E-state index is 11.7. The van der Waals surface area contributed by atoms with Gasteiger partial charge in [0, 0.05) is 11.3 Å². The molecule has 0 atom stereocenters. The minimum atomic E-state index is -0.467. The van der Waals surface area contributed by atoms with E-state index in [0.717, 1.165) is 35.2 Å². The summed E-state index contributed by atoms with van der Waals surface area (Å²) in [5.74, 6) is 0. The van der Waals surface area contributed by atoms with Crippen molar-refractivity contribution in [3.8, 4) is 0 Å². The molecule has 0 heterocycles. The van der Waals surface area contributed by atoms with Crippen LogP contribution < -0.4 is 5.32 Å². The van der Waals surface area contributed by atoms with Crippen molar-refractivity contribution in [2.45, 2.75) is 26.7 Å². The molecule has 23 heavy (non-hydrogen) atoms. The molecule has 0 radical (unpaired) electrons. The second kappa shape index (κ2) is 10.2. The van der Waals surface area contributed by atoms with Crippen LogP contribution in [0, 0.1) is 0 Å². The van der Waals surface area contributed by atoms with Crippen molar-refractivity contribution in [1.82, 2.24) is 5.32 Å². The van der Waals surface area contributed by atoms with Gasteiger partial charge in [0.05, 0.1) is 7.11 Å². The molecular formula is C20H25NO2. The van der Waals surface area contributed by atoms with Crippen molar-refractivity contribution >= 4 is 17.4 Å². The molecule has 0 bridgehead atoms. The summed E-state index contributed by atoms with van der Waals surface area (Å²) in [6.07, 6.45) is 11.1. The highest BCUT2D eigenvalue weighted by Crippen LogP contribution is 2.26. The molecule has 0 saturated heterocycles. The van der Waals surface area contributed by atoms with E-state index in [-0.39, 0.29) is 0 Å². The summed E-state index contributed by atoms with van der Waals surface area (Å²) < 4.78 is 4.74. The van der Waals surface area contributed by atoms with Gasteiger partial charge in [0.2, 0.25) is 0 Å².